The molecule has 0 aliphatic heterocycles. The lowest BCUT2D eigenvalue weighted by molar-refractivity contribution is 0.425. The second-order valence-electron chi connectivity index (χ2n) is 4.15. The molecule has 0 spiro atoms. The molecule has 84 valence electrons. The van der Waals surface area contributed by atoms with Gasteiger partial charge in [0.25, 0.3) is 0 Å². The molecule has 1 aromatic rings. The second-order valence-corrected chi connectivity index (χ2v) is 4.95. The van der Waals surface area contributed by atoms with Gasteiger partial charge in [0.2, 0.25) is 0 Å². The molecule has 0 amide bonds. The zero-order valence-electron chi connectivity index (χ0n) is 9.89. The van der Waals surface area contributed by atoms with Gasteiger partial charge in [0.15, 0.2) is 0 Å². The summed E-state index contributed by atoms with van der Waals surface area (Å²) >= 11 is 3.57. The third-order valence-corrected chi connectivity index (χ3v) is 3.58. The van der Waals surface area contributed by atoms with Crippen molar-refractivity contribution < 1.29 is 0 Å². The van der Waals surface area contributed by atoms with E-state index in [0.29, 0.717) is 0 Å². The van der Waals surface area contributed by atoms with E-state index in [0.717, 1.165) is 13.1 Å². The van der Waals surface area contributed by atoms with Crippen LogP contribution in [0.2, 0.25) is 0 Å². The lowest BCUT2D eigenvalue weighted by Gasteiger charge is -2.13. The molecule has 0 saturated heterocycles. The summed E-state index contributed by atoms with van der Waals surface area (Å²) in [5.41, 5.74) is 3.76. The van der Waals surface area contributed by atoms with Crippen molar-refractivity contribution in [3.63, 3.8) is 0 Å². The van der Waals surface area contributed by atoms with Crippen LogP contribution in [-0.2, 0) is 0 Å². The largest absolute Gasteiger partial charge is 0.384 e. The van der Waals surface area contributed by atoms with E-state index in [1.807, 2.05) is 0 Å². The number of halogens is 1. The molecule has 1 N–H and O–H groups in total. The molecular formula is C12H19BrN2. The van der Waals surface area contributed by atoms with Crippen LogP contribution < -0.4 is 5.32 Å². The average molecular weight is 271 g/mol. The molecule has 0 bridgehead atoms. The molecule has 1 rings (SSSR count). The summed E-state index contributed by atoms with van der Waals surface area (Å²) in [6.45, 7) is 6.27. The lowest BCUT2D eigenvalue weighted by atomic mass is 10.1. The van der Waals surface area contributed by atoms with Gasteiger partial charge in [-0.3, -0.25) is 0 Å². The van der Waals surface area contributed by atoms with Crippen molar-refractivity contribution in [1.29, 1.82) is 0 Å². The number of aryl methyl sites for hydroxylation is 2. The van der Waals surface area contributed by atoms with Crippen molar-refractivity contribution >= 4 is 21.6 Å². The van der Waals surface area contributed by atoms with Crippen LogP contribution in [0.1, 0.15) is 11.1 Å². The smallest absolute Gasteiger partial charge is 0.0346 e. The number of hydrogen-bond donors (Lipinski definition) is 1. The topological polar surface area (TPSA) is 15.3 Å². The van der Waals surface area contributed by atoms with Crippen molar-refractivity contribution in [2.45, 2.75) is 13.8 Å². The van der Waals surface area contributed by atoms with Gasteiger partial charge in [-0.2, -0.15) is 0 Å². The van der Waals surface area contributed by atoms with E-state index < -0.39 is 0 Å². The first-order chi connectivity index (χ1) is 7.00. The number of nitrogens with one attached hydrogen (secondary N) is 1. The minimum absolute atomic E-state index is 0.980. The summed E-state index contributed by atoms with van der Waals surface area (Å²) < 4.78 is 1.21. The Labute approximate surface area is 101 Å². The molecule has 15 heavy (non-hydrogen) atoms. The molecule has 0 unspecified atom stereocenters. The maximum Gasteiger partial charge on any atom is 0.0346 e. The van der Waals surface area contributed by atoms with E-state index >= 15 is 0 Å². The van der Waals surface area contributed by atoms with E-state index in [9.17, 15) is 0 Å². The highest BCUT2D eigenvalue weighted by atomic mass is 79.9. The van der Waals surface area contributed by atoms with E-state index in [-0.39, 0.29) is 0 Å². The van der Waals surface area contributed by atoms with Crippen molar-refractivity contribution in [3.8, 4) is 0 Å². The minimum atomic E-state index is 0.980. The third kappa shape index (κ3) is 3.84. The Bertz CT molecular complexity index is 311. The zero-order chi connectivity index (χ0) is 11.4. The van der Waals surface area contributed by atoms with Crippen LogP contribution in [0.25, 0.3) is 0 Å². The first-order valence-corrected chi connectivity index (χ1v) is 5.95. The summed E-state index contributed by atoms with van der Waals surface area (Å²) in [5.74, 6) is 0. The molecule has 0 saturated carbocycles. The van der Waals surface area contributed by atoms with Crippen molar-refractivity contribution in [3.05, 3.63) is 27.7 Å². The number of likely N-dealkylation sites (N-methyl/N-ethyl adjacent to an activating group) is 1. The first-order valence-electron chi connectivity index (χ1n) is 5.16. The summed E-state index contributed by atoms with van der Waals surface area (Å²) in [6.07, 6.45) is 0. The Hall–Kier alpha value is -0.540. The number of benzene rings is 1. The Balaban J connectivity index is 2.63. The number of rotatable bonds is 4. The molecule has 0 aromatic heterocycles. The SMILES string of the molecule is Cc1cc(NCCN(C)C)cc(C)c1Br. The van der Waals surface area contributed by atoms with Gasteiger partial charge in [-0.15, -0.1) is 0 Å². The van der Waals surface area contributed by atoms with Crippen LogP contribution in [-0.4, -0.2) is 32.1 Å². The Morgan fingerprint density at radius 3 is 2.20 bits per heavy atom. The van der Waals surface area contributed by atoms with Gasteiger partial charge >= 0.3 is 0 Å². The van der Waals surface area contributed by atoms with E-state index in [4.69, 9.17) is 0 Å². The fraction of sp³-hybridized carbons (Fsp3) is 0.500. The normalized spacial score (nSPS) is 10.8. The average Bonchev–Trinajstić information content (AvgIpc) is 2.13. The van der Waals surface area contributed by atoms with Gasteiger partial charge in [-0.25, -0.2) is 0 Å². The Morgan fingerprint density at radius 2 is 1.73 bits per heavy atom. The third-order valence-electron chi connectivity index (χ3n) is 2.32. The van der Waals surface area contributed by atoms with E-state index in [2.05, 4.69) is 66.2 Å². The maximum absolute atomic E-state index is 3.57. The highest BCUT2D eigenvalue weighted by Crippen LogP contribution is 2.24. The molecule has 0 aliphatic carbocycles. The summed E-state index contributed by atoms with van der Waals surface area (Å²) in [6, 6.07) is 4.35. The fourth-order valence-corrected chi connectivity index (χ4v) is 1.70. The van der Waals surface area contributed by atoms with Crippen LogP contribution in [0.4, 0.5) is 5.69 Å². The number of hydrogen-bond acceptors (Lipinski definition) is 2. The predicted molar refractivity (Wildman–Crippen MR) is 70.7 cm³/mol. The Morgan fingerprint density at radius 1 is 1.20 bits per heavy atom. The van der Waals surface area contributed by atoms with Crippen LogP contribution in [0, 0.1) is 13.8 Å². The molecule has 0 heterocycles. The lowest BCUT2D eigenvalue weighted by Crippen LogP contribution is -2.20. The molecule has 2 nitrogen and oxygen atoms in total. The van der Waals surface area contributed by atoms with Crippen molar-refractivity contribution in [1.82, 2.24) is 4.90 Å². The molecule has 0 atom stereocenters. The quantitative estimate of drug-likeness (QED) is 0.905. The van der Waals surface area contributed by atoms with Crippen molar-refractivity contribution in [2.24, 2.45) is 0 Å². The molecule has 1 aromatic carbocycles. The summed E-state index contributed by atoms with van der Waals surface area (Å²) in [5, 5.41) is 3.42. The molecule has 0 aliphatic rings. The second kappa shape index (κ2) is 5.52. The fourth-order valence-electron chi connectivity index (χ4n) is 1.47. The van der Waals surface area contributed by atoms with E-state index in [1.165, 1.54) is 21.3 Å². The molecule has 3 heteroatoms. The Kier molecular flexibility index (Phi) is 4.61. The van der Waals surface area contributed by atoms with Gasteiger partial charge in [0.05, 0.1) is 0 Å². The molecular weight excluding hydrogens is 252 g/mol. The van der Waals surface area contributed by atoms with Gasteiger partial charge in [0, 0.05) is 23.2 Å². The highest BCUT2D eigenvalue weighted by molar-refractivity contribution is 9.10. The number of anilines is 1. The van der Waals surface area contributed by atoms with Crippen LogP contribution in [0.15, 0.2) is 16.6 Å². The zero-order valence-corrected chi connectivity index (χ0v) is 11.5. The predicted octanol–water partition coefficient (Wildman–Crippen LogP) is 3.04. The van der Waals surface area contributed by atoms with Gasteiger partial charge in [-0.1, -0.05) is 15.9 Å². The van der Waals surface area contributed by atoms with Gasteiger partial charge in [0.1, 0.15) is 0 Å². The molecule has 0 fully saturated rings. The summed E-state index contributed by atoms with van der Waals surface area (Å²) in [4.78, 5) is 2.17. The van der Waals surface area contributed by atoms with Gasteiger partial charge < -0.3 is 10.2 Å². The van der Waals surface area contributed by atoms with Crippen molar-refractivity contribution in [2.75, 3.05) is 32.5 Å². The highest BCUT2D eigenvalue weighted by Gasteiger charge is 2.01. The maximum atomic E-state index is 3.57. The van der Waals surface area contributed by atoms with Crippen LogP contribution in [0.5, 0.6) is 0 Å². The number of nitrogens with zero attached hydrogens (tertiary/aromatic N) is 1. The van der Waals surface area contributed by atoms with Crippen LogP contribution in [0.3, 0.4) is 0 Å². The van der Waals surface area contributed by atoms with Crippen LogP contribution >= 0.6 is 15.9 Å². The summed E-state index contributed by atoms with van der Waals surface area (Å²) in [7, 11) is 4.17. The first kappa shape index (κ1) is 12.5. The minimum Gasteiger partial charge on any atom is -0.384 e. The monoisotopic (exact) mass is 270 g/mol. The molecule has 0 radical (unpaired) electrons. The van der Waals surface area contributed by atoms with E-state index in [1.54, 1.807) is 0 Å². The standard InChI is InChI=1S/C12H19BrN2/c1-9-7-11(8-10(2)12(9)13)14-5-6-15(3)4/h7-8,14H,5-6H2,1-4H3. The van der Waals surface area contributed by atoms with Gasteiger partial charge in [-0.05, 0) is 51.2 Å².